The number of amides is 1. The Morgan fingerprint density at radius 3 is 2.79 bits per heavy atom. The summed E-state index contributed by atoms with van der Waals surface area (Å²) in [6.45, 7) is 0.277. The molecule has 0 aliphatic heterocycles. The largest absolute Gasteiger partial charge is 0.469 e. The van der Waals surface area contributed by atoms with Gasteiger partial charge in [0.15, 0.2) is 0 Å². The van der Waals surface area contributed by atoms with E-state index in [1.807, 2.05) is 0 Å². The minimum absolute atomic E-state index is 0.145. The fraction of sp³-hybridized carbons (Fsp3) is 0.286. The number of rotatable bonds is 5. The molecule has 1 rings (SSSR count). The Labute approximate surface area is 111 Å². The molecule has 1 aromatic carbocycles. The molecule has 0 saturated carbocycles. The molecule has 0 N–H and O–H groups in total. The van der Waals surface area contributed by atoms with Crippen LogP contribution in [0.25, 0.3) is 6.08 Å². The second-order valence-corrected chi connectivity index (χ2v) is 3.97. The standard InChI is InChI=1S/C14H16FNO3/c1-16(9-8-14(18)19-2)13(17)7-6-11-4-3-5-12(15)10-11/h3-7,10H,8-9H2,1-2H3/b7-6+. The van der Waals surface area contributed by atoms with Crippen LogP contribution in [0.15, 0.2) is 30.3 Å². The molecule has 0 aliphatic rings. The Bertz CT molecular complexity index is 485. The summed E-state index contributed by atoms with van der Waals surface area (Å²) in [5.41, 5.74) is 0.606. The maximum atomic E-state index is 12.9. The van der Waals surface area contributed by atoms with Crippen molar-refractivity contribution in [2.45, 2.75) is 6.42 Å². The molecule has 5 heteroatoms. The minimum Gasteiger partial charge on any atom is -0.469 e. The first-order valence-corrected chi connectivity index (χ1v) is 5.78. The predicted molar refractivity (Wildman–Crippen MR) is 69.7 cm³/mol. The fourth-order valence-electron chi connectivity index (χ4n) is 1.38. The second-order valence-electron chi connectivity index (χ2n) is 3.97. The highest BCUT2D eigenvalue weighted by atomic mass is 19.1. The summed E-state index contributed by atoms with van der Waals surface area (Å²) in [5, 5.41) is 0. The van der Waals surface area contributed by atoms with Crippen molar-refractivity contribution in [3.63, 3.8) is 0 Å². The Morgan fingerprint density at radius 2 is 2.16 bits per heavy atom. The first-order valence-electron chi connectivity index (χ1n) is 5.78. The van der Waals surface area contributed by atoms with Crippen molar-refractivity contribution in [1.29, 1.82) is 0 Å². The Balaban J connectivity index is 2.52. The van der Waals surface area contributed by atoms with Crippen LogP contribution in [0.2, 0.25) is 0 Å². The van der Waals surface area contributed by atoms with Gasteiger partial charge in [-0.2, -0.15) is 0 Å². The summed E-state index contributed by atoms with van der Waals surface area (Å²) in [5.74, 6) is -0.976. The molecule has 0 aliphatic carbocycles. The average molecular weight is 265 g/mol. The van der Waals surface area contributed by atoms with Gasteiger partial charge < -0.3 is 9.64 Å². The maximum Gasteiger partial charge on any atom is 0.307 e. The topological polar surface area (TPSA) is 46.6 Å². The van der Waals surface area contributed by atoms with E-state index in [0.717, 1.165) is 0 Å². The molecule has 4 nitrogen and oxygen atoms in total. The molecular formula is C14H16FNO3. The highest BCUT2D eigenvalue weighted by molar-refractivity contribution is 5.91. The summed E-state index contributed by atoms with van der Waals surface area (Å²) >= 11 is 0. The molecule has 0 atom stereocenters. The third kappa shape index (κ3) is 5.33. The summed E-state index contributed by atoms with van der Waals surface area (Å²) in [4.78, 5) is 24.0. The summed E-state index contributed by atoms with van der Waals surface area (Å²) in [6.07, 6.45) is 3.01. The number of nitrogens with zero attached hydrogens (tertiary/aromatic N) is 1. The number of hydrogen-bond acceptors (Lipinski definition) is 3. The third-order valence-corrected chi connectivity index (χ3v) is 2.52. The van der Waals surface area contributed by atoms with Crippen LogP contribution >= 0.6 is 0 Å². The molecule has 0 aromatic heterocycles. The SMILES string of the molecule is COC(=O)CCN(C)C(=O)/C=C/c1cccc(F)c1. The summed E-state index contributed by atoms with van der Waals surface area (Å²) in [7, 11) is 2.88. The van der Waals surface area contributed by atoms with Gasteiger partial charge in [0.2, 0.25) is 5.91 Å². The van der Waals surface area contributed by atoms with E-state index in [4.69, 9.17) is 0 Å². The van der Waals surface area contributed by atoms with Crippen molar-refractivity contribution in [3.8, 4) is 0 Å². The molecule has 0 unspecified atom stereocenters. The number of hydrogen-bond donors (Lipinski definition) is 0. The Hall–Kier alpha value is -2.17. The fourth-order valence-corrected chi connectivity index (χ4v) is 1.38. The van der Waals surface area contributed by atoms with Crippen molar-refractivity contribution in [3.05, 3.63) is 41.7 Å². The number of halogens is 1. The van der Waals surface area contributed by atoms with Gasteiger partial charge in [0, 0.05) is 19.7 Å². The molecule has 0 radical (unpaired) electrons. The highest BCUT2D eigenvalue weighted by Crippen LogP contribution is 2.05. The van der Waals surface area contributed by atoms with Gasteiger partial charge in [0.05, 0.1) is 13.5 Å². The van der Waals surface area contributed by atoms with E-state index in [2.05, 4.69) is 4.74 Å². The molecule has 19 heavy (non-hydrogen) atoms. The van der Waals surface area contributed by atoms with Crippen molar-refractivity contribution >= 4 is 18.0 Å². The van der Waals surface area contributed by atoms with Crippen LogP contribution in [0.4, 0.5) is 4.39 Å². The van der Waals surface area contributed by atoms with Crippen LogP contribution < -0.4 is 0 Å². The van der Waals surface area contributed by atoms with Gasteiger partial charge in [0.25, 0.3) is 0 Å². The predicted octanol–water partition coefficient (Wildman–Crippen LogP) is 1.86. The van der Waals surface area contributed by atoms with Crippen LogP contribution in [-0.4, -0.2) is 37.5 Å². The van der Waals surface area contributed by atoms with Gasteiger partial charge >= 0.3 is 5.97 Å². The van der Waals surface area contributed by atoms with Crippen LogP contribution in [0.5, 0.6) is 0 Å². The molecule has 102 valence electrons. The van der Waals surface area contributed by atoms with E-state index in [0.29, 0.717) is 5.56 Å². The number of carbonyl (C=O) groups excluding carboxylic acids is 2. The number of ether oxygens (including phenoxy) is 1. The minimum atomic E-state index is -0.367. The lowest BCUT2D eigenvalue weighted by Crippen LogP contribution is -2.27. The molecule has 0 saturated heterocycles. The van der Waals surface area contributed by atoms with E-state index in [1.165, 1.54) is 36.3 Å². The molecule has 1 aromatic rings. The van der Waals surface area contributed by atoms with E-state index in [1.54, 1.807) is 19.2 Å². The van der Waals surface area contributed by atoms with Gasteiger partial charge in [-0.25, -0.2) is 4.39 Å². The molecule has 0 bridgehead atoms. The van der Waals surface area contributed by atoms with Crippen LogP contribution in [-0.2, 0) is 14.3 Å². The van der Waals surface area contributed by atoms with Crippen LogP contribution in [0.1, 0.15) is 12.0 Å². The smallest absolute Gasteiger partial charge is 0.307 e. The van der Waals surface area contributed by atoms with Gasteiger partial charge in [-0.05, 0) is 23.8 Å². The van der Waals surface area contributed by atoms with Gasteiger partial charge in [0.1, 0.15) is 5.82 Å². The van der Waals surface area contributed by atoms with Gasteiger partial charge in [-0.15, -0.1) is 0 Å². The van der Waals surface area contributed by atoms with Crippen molar-refractivity contribution < 1.29 is 18.7 Å². The summed E-state index contributed by atoms with van der Waals surface area (Å²) in [6, 6.07) is 5.93. The molecule has 1 amide bonds. The number of esters is 1. The van der Waals surface area contributed by atoms with E-state index < -0.39 is 0 Å². The van der Waals surface area contributed by atoms with Crippen molar-refractivity contribution in [2.24, 2.45) is 0 Å². The van der Waals surface area contributed by atoms with E-state index in [-0.39, 0.29) is 30.7 Å². The normalized spacial score (nSPS) is 10.5. The van der Waals surface area contributed by atoms with Crippen molar-refractivity contribution in [1.82, 2.24) is 4.90 Å². The number of methoxy groups -OCH3 is 1. The molecular weight excluding hydrogens is 249 g/mol. The Kier molecular flexibility index (Phi) is 5.73. The number of carbonyl (C=O) groups is 2. The zero-order valence-electron chi connectivity index (χ0n) is 10.9. The molecule has 0 spiro atoms. The van der Waals surface area contributed by atoms with E-state index >= 15 is 0 Å². The lowest BCUT2D eigenvalue weighted by atomic mass is 10.2. The van der Waals surface area contributed by atoms with Gasteiger partial charge in [-0.3, -0.25) is 9.59 Å². The molecule has 0 heterocycles. The van der Waals surface area contributed by atoms with Gasteiger partial charge in [-0.1, -0.05) is 12.1 Å². The third-order valence-electron chi connectivity index (χ3n) is 2.52. The Morgan fingerprint density at radius 1 is 1.42 bits per heavy atom. The van der Waals surface area contributed by atoms with Crippen molar-refractivity contribution in [2.75, 3.05) is 20.7 Å². The first kappa shape index (κ1) is 14.9. The highest BCUT2D eigenvalue weighted by Gasteiger charge is 2.07. The van der Waals surface area contributed by atoms with Crippen LogP contribution in [0.3, 0.4) is 0 Å². The maximum absolute atomic E-state index is 12.9. The molecule has 0 fully saturated rings. The second kappa shape index (κ2) is 7.31. The number of benzene rings is 1. The monoisotopic (exact) mass is 265 g/mol. The van der Waals surface area contributed by atoms with Crippen LogP contribution in [0, 0.1) is 5.82 Å². The zero-order chi connectivity index (χ0) is 14.3. The number of likely N-dealkylation sites (N-methyl/N-ethyl adjacent to an activating group) is 1. The average Bonchev–Trinajstić information content (AvgIpc) is 2.41. The first-order chi connectivity index (χ1) is 9.02. The quantitative estimate of drug-likeness (QED) is 0.603. The zero-order valence-corrected chi connectivity index (χ0v) is 10.9. The summed E-state index contributed by atoms with van der Waals surface area (Å²) < 4.78 is 17.4. The lowest BCUT2D eigenvalue weighted by molar-refractivity contribution is -0.141. The lowest BCUT2D eigenvalue weighted by Gasteiger charge is -2.13. The van der Waals surface area contributed by atoms with E-state index in [9.17, 15) is 14.0 Å².